The molecular weight excluding hydrogens is 338 g/mol. The standard InChI is InChI=1S/C22H25N3O2/c1-14(20(26)25-12-11-15-7-5-6-8-18(15)25)23-16-9-10-19-17(13-16)24-21(27-19)22(2,3)4/h5-10,13-14,23H,11-12H2,1-4H3/t14-/m0/s1. The molecule has 140 valence electrons. The van der Waals surface area contributed by atoms with Crippen LogP contribution in [0.15, 0.2) is 46.9 Å². The summed E-state index contributed by atoms with van der Waals surface area (Å²) < 4.78 is 5.85. The zero-order valence-corrected chi connectivity index (χ0v) is 16.2. The van der Waals surface area contributed by atoms with Crippen LogP contribution in [0.3, 0.4) is 0 Å². The minimum absolute atomic E-state index is 0.0792. The van der Waals surface area contributed by atoms with Crippen molar-refractivity contribution >= 4 is 28.4 Å². The fourth-order valence-electron chi connectivity index (χ4n) is 3.45. The van der Waals surface area contributed by atoms with Crippen molar-refractivity contribution in [3.05, 3.63) is 53.9 Å². The summed E-state index contributed by atoms with van der Waals surface area (Å²) in [6, 6.07) is 13.6. The van der Waals surface area contributed by atoms with E-state index in [1.54, 1.807) is 0 Å². The van der Waals surface area contributed by atoms with Gasteiger partial charge in [-0.1, -0.05) is 39.0 Å². The molecule has 27 heavy (non-hydrogen) atoms. The number of oxazole rings is 1. The monoisotopic (exact) mass is 363 g/mol. The fourth-order valence-corrected chi connectivity index (χ4v) is 3.45. The summed E-state index contributed by atoms with van der Waals surface area (Å²) in [6.45, 7) is 8.86. The molecule has 1 atom stereocenters. The van der Waals surface area contributed by atoms with E-state index in [1.807, 2.05) is 48.2 Å². The van der Waals surface area contributed by atoms with E-state index in [9.17, 15) is 4.79 Å². The lowest BCUT2D eigenvalue weighted by Crippen LogP contribution is -2.40. The van der Waals surface area contributed by atoms with Crippen molar-refractivity contribution < 1.29 is 9.21 Å². The first kappa shape index (κ1) is 17.6. The SMILES string of the molecule is C[C@H](Nc1ccc2oc(C(C)(C)C)nc2c1)C(=O)N1CCc2ccccc21. The van der Waals surface area contributed by atoms with Gasteiger partial charge in [-0.3, -0.25) is 4.79 Å². The number of hydrogen-bond acceptors (Lipinski definition) is 4. The number of anilines is 2. The maximum Gasteiger partial charge on any atom is 0.249 e. The Balaban J connectivity index is 1.52. The van der Waals surface area contributed by atoms with Crippen LogP contribution in [0.25, 0.3) is 11.1 Å². The van der Waals surface area contributed by atoms with E-state index in [0.717, 1.165) is 35.4 Å². The molecule has 4 rings (SSSR count). The number of nitrogens with zero attached hydrogens (tertiary/aromatic N) is 2. The number of carbonyl (C=O) groups is 1. The van der Waals surface area contributed by atoms with Gasteiger partial charge < -0.3 is 14.6 Å². The third-order valence-electron chi connectivity index (χ3n) is 4.94. The largest absolute Gasteiger partial charge is 0.440 e. The molecule has 1 N–H and O–H groups in total. The predicted molar refractivity (Wildman–Crippen MR) is 108 cm³/mol. The third-order valence-corrected chi connectivity index (χ3v) is 4.94. The molecule has 0 spiro atoms. The lowest BCUT2D eigenvalue weighted by Gasteiger charge is -2.23. The lowest BCUT2D eigenvalue weighted by molar-refractivity contribution is -0.118. The maximum atomic E-state index is 12.9. The Morgan fingerprint density at radius 1 is 1.22 bits per heavy atom. The average molecular weight is 363 g/mol. The van der Waals surface area contributed by atoms with Gasteiger partial charge in [0.15, 0.2) is 5.58 Å². The van der Waals surface area contributed by atoms with Crippen molar-refractivity contribution in [1.29, 1.82) is 0 Å². The molecule has 0 aliphatic carbocycles. The summed E-state index contributed by atoms with van der Waals surface area (Å²) >= 11 is 0. The molecular formula is C22H25N3O2. The average Bonchev–Trinajstić information content (AvgIpc) is 3.24. The number of rotatable bonds is 3. The molecule has 0 fully saturated rings. The quantitative estimate of drug-likeness (QED) is 0.743. The summed E-state index contributed by atoms with van der Waals surface area (Å²) in [6.07, 6.45) is 0.912. The van der Waals surface area contributed by atoms with E-state index < -0.39 is 0 Å². The van der Waals surface area contributed by atoms with Gasteiger partial charge in [-0.05, 0) is 43.2 Å². The topological polar surface area (TPSA) is 58.4 Å². The van der Waals surface area contributed by atoms with Gasteiger partial charge in [0.1, 0.15) is 11.6 Å². The number of hydrogen-bond donors (Lipinski definition) is 1. The highest BCUT2D eigenvalue weighted by Crippen LogP contribution is 2.29. The van der Waals surface area contributed by atoms with Gasteiger partial charge in [-0.2, -0.15) is 0 Å². The Labute approximate surface area is 159 Å². The minimum atomic E-state index is -0.331. The van der Waals surface area contributed by atoms with Crippen molar-refractivity contribution in [3.63, 3.8) is 0 Å². The number of amides is 1. The minimum Gasteiger partial charge on any atom is -0.440 e. The Kier molecular flexibility index (Phi) is 4.17. The van der Waals surface area contributed by atoms with Crippen molar-refractivity contribution in [1.82, 2.24) is 4.98 Å². The Morgan fingerprint density at radius 2 is 2.00 bits per heavy atom. The van der Waals surface area contributed by atoms with Gasteiger partial charge in [0.2, 0.25) is 11.8 Å². The van der Waals surface area contributed by atoms with Crippen LogP contribution in [-0.2, 0) is 16.6 Å². The molecule has 0 radical (unpaired) electrons. The first-order chi connectivity index (χ1) is 12.8. The molecule has 1 aliphatic heterocycles. The number of benzene rings is 2. The number of fused-ring (bicyclic) bond motifs is 2. The van der Waals surface area contributed by atoms with E-state index >= 15 is 0 Å². The highest BCUT2D eigenvalue weighted by molar-refractivity contribution is 6.00. The first-order valence-electron chi connectivity index (χ1n) is 9.40. The predicted octanol–water partition coefficient (Wildman–Crippen LogP) is 4.52. The summed E-state index contributed by atoms with van der Waals surface area (Å²) in [4.78, 5) is 19.4. The summed E-state index contributed by atoms with van der Waals surface area (Å²) in [5, 5.41) is 3.32. The van der Waals surface area contributed by atoms with Crippen LogP contribution in [0.4, 0.5) is 11.4 Å². The van der Waals surface area contributed by atoms with Gasteiger partial charge >= 0.3 is 0 Å². The molecule has 2 heterocycles. The maximum absolute atomic E-state index is 12.9. The molecule has 2 aromatic carbocycles. The fraction of sp³-hybridized carbons (Fsp3) is 0.364. The highest BCUT2D eigenvalue weighted by atomic mass is 16.3. The zero-order chi connectivity index (χ0) is 19.2. The molecule has 0 bridgehead atoms. The number of carbonyl (C=O) groups excluding carboxylic acids is 1. The molecule has 5 nitrogen and oxygen atoms in total. The van der Waals surface area contributed by atoms with Gasteiger partial charge in [-0.25, -0.2) is 4.98 Å². The van der Waals surface area contributed by atoms with Gasteiger partial charge in [-0.15, -0.1) is 0 Å². The van der Waals surface area contributed by atoms with E-state index in [2.05, 4.69) is 37.1 Å². The zero-order valence-electron chi connectivity index (χ0n) is 16.2. The van der Waals surface area contributed by atoms with Crippen LogP contribution < -0.4 is 10.2 Å². The second-order valence-corrected chi connectivity index (χ2v) is 8.19. The Morgan fingerprint density at radius 3 is 2.78 bits per heavy atom. The van der Waals surface area contributed by atoms with E-state index in [4.69, 9.17) is 4.42 Å². The Hall–Kier alpha value is -2.82. The van der Waals surface area contributed by atoms with Crippen LogP contribution >= 0.6 is 0 Å². The number of aromatic nitrogens is 1. The number of nitrogens with one attached hydrogen (secondary N) is 1. The summed E-state index contributed by atoms with van der Waals surface area (Å²) in [5.74, 6) is 0.794. The van der Waals surface area contributed by atoms with E-state index in [-0.39, 0.29) is 17.4 Å². The summed E-state index contributed by atoms with van der Waals surface area (Å²) in [7, 11) is 0. The van der Waals surface area contributed by atoms with Crippen LogP contribution in [0.5, 0.6) is 0 Å². The summed E-state index contributed by atoms with van der Waals surface area (Å²) in [5.41, 5.74) is 4.55. The van der Waals surface area contributed by atoms with E-state index in [1.165, 1.54) is 5.56 Å². The molecule has 0 unspecified atom stereocenters. The second-order valence-electron chi connectivity index (χ2n) is 8.19. The van der Waals surface area contributed by atoms with Crippen molar-refractivity contribution in [2.45, 2.75) is 45.6 Å². The van der Waals surface area contributed by atoms with Crippen LogP contribution in [0, 0.1) is 0 Å². The highest BCUT2D eigenvalue weighted by Gasteiger charge is 2.28. The van der Waals surface area contributed by atoms with Gasteiger partial charge in [0, 0.05) is 23.3 Å². The van der Waals surface area contributed by atoms with E-state index in [0.29, 0.717) is 5.89 Å². The van der Waals surface area contributed by atoms with Gasteiger partial charge in [0.25, 0.3) is 0 Å². The molecule has 1 aromatic heterocycles. The second kappa shape index (κ2) is 6.41. The van der Waals surface area contributed by atoms with Crippen LogP contribution in [-0.4, -0.2) is 23.5 Å². The van der Waals surface area contributed by atoms with Crippen molar-refractivity contribution in [2.24, 2.45) is 0 Å². The molecule has 0 saturated carbocycles. The molecule has 1 aliphatic rings. The smallest absolute Gasteiger partial charge is 0.249 e. The van der Waals surface area contributed by atoms with Crippen LogP contribution in [0.2, 0.25) is 0 Å². The van der Waals surface area contributed by atoms with Gasteiger partial charge in [0.05, 0.1) is 0 Å². The van der Waals surface area contributed by atoms with Crippen molar-refractivity contribution in [3.8, 4) is 0 Å². The molecule has 5 heteroatoms. The molecule has 3 aromatic rings. The van der Waals surface area contributed by atoms with Crippen molar-refractivity contribution in [2.75, 3.05) is 16.8 Å². The lowest BCUT2D eigenvalue weighted by atomic mass is 9.97. The third kappa shape index (κ3) is 3.29. The first-order valence-corrected chi connectivity index (χ1v) is 9.40. The number of para-hydroxylation sites is 1. The Bertz CT molecular complexity index is 1000. The van der Waals surface area contributed by atoms with Crippen LogP contribution in [0.1, 0.15) is 39.1 Å². The molecule has 1 amide bonds. The normalized spacial score (nSPS) is 15.0. The molecule has 0 saturated heterocycles.